The molecule has 2 aromatic rings. The van der Waals surface area contributed by atoms with Crippen LogP contribution in [0.3, 0.4) is 0 Å². The predicted octanol–water partition coefficient (Wildman–Crippen LogP) is 1.98. The molecule has 4 N–H and O–H groups in total. The average Bonchev–Trinajstić information content (AvgIpc) is 2.48. The summed E-state index contributed by atoms with van der Waals surface area (Å²) in [6, 6.07) is 11.2. The Hall–Kier alpha value is -2.10. The lowest BCUT2D eigenvalue weighted by atomic mass is 10.3. The molecule has 0 amide bonds. The number of hydrogen-bond acceptors (Lipinski definition) is 3. The Balaban J connectivity index is 2.29. The van der Waals surface area contributed by atoms with Gasteiger partial charge in [0.25, 0.3) is 0 Å². The van der Waals surface area contributed by atoms with E-state index in [-0.39, 0.29) is 0 Å². The number of nitrogens with zero attached hydrogens (tertiary/aromatic N) is 1. The molecule has 0 aliphatic carbocycles. The highest BCUT2D eigenvalue weighted by Crippen LogP contribution is 2.31. The van der Waals surface area contributed by atoms with E-state index >= 15 is 0 Å². The van der Waals surface area contributed by atoms with Gasteiger partial charge in [0, 0.05) is 13.1 Å². The molecule has 0 fully saturated rings. The molecule has 0 saturated carbocycles. The number of benzene rings is 1. The largest absolute Gasteiger partial charge is 0.453 e. The number of ether oxygens (including phenoxy) is 1. The van der Waals surface area contributed by atoms with Crippen LogP contribution in [-0.4, -0.2) is 4.57 Å². The van der Waals surface area contributed by atoms with Gasteiger partial charge >= 0.3 is 0 Å². The van der Waals surface area contributed by atoms with Gasteiger partial charge in [0.1, 0.15) is 17.4 Å². The smallest absolute Gasteiger partial charge is 0.171 e. The average molecular weight is 203 g/mol. The Morgan fingerprint density at radius 3 is 2.33 bits per heavy atom. The standard InChI is InChI=1S/C11H13N3O/c1-14-10(12)7-9(11(14)13)15-8-5-3-2-4-6-8/h2-7H,12-13H2,1H3. The maximum absolute atomic E-state index is 5.81. The van der Waals surface area contributed by atoms with Gasteiger partial charge in [-0.25, -0.2) is 0 Å². The van der Waals surface area contributed by atoms with Crippen molar-refractivity contribution in [3.8, 4) is 11.5 Å². The minimum atomic E-state index is 0.524. The molecule has 0 unspecified atom stereocenters. The van der Waals surface area contributed by atoms with Crippen molar-refractivity contribution in [2.45, 2.75) is 0 Å². The highest BCUT2D eigenvalue weighted by atomic mass is 16.5. The van der Waals surface area contributed by atoms with Gasteiger partial charge in [-0.05, 0) is 12.1 Å². The lowest BCUT2D eigenvalue weighted by molar-refractivity contribution is 0.485. The first-order valence-electron chi connectivity index (χ1n) is 4.62. The van der Waals surface area contributed by atoms with E-state index in [1.807, 2.05) is 30.3 Å². The molecular weight excluding hydrogens is 190 g/mol. The van der Waals surface area contributed by atoms with Crippen LogP contribution in [0.25, 0.3) is 0 Å². The molecular formula is C11H13N3O. The molecule has 78 valence electrons. The van der Waals surface area contributed by atoms with Crippen LogP contribution in [0.15, 0.2) is 36.4 Å². The second kappa shape index (κ2) is 3.57. The summed E-state index contributed by atoms with van der Waals surface area (Å²) in [4.78, 5) is 0. The van der Waals surface area contributed by atoms with E-state index in [1.165, 1.54) is 0 Å². The number of rotatable bonds is 2. The molecule has 1 aromatic carbocycles. The quantitative estimate of drug-likeness (QED) is 0.784. The molecule has 4 heteroatoms. The van der Waals surface area contributed by atoms with Crippen LogP contribution in [0.4, 0.5) is 11.6 Å². The Labute approximate surface area is 88.1 Å². The van der Waals surface area contributed by atoms with Gasteiger partial charge in [0.2, 0.25) is 0 Å². The summed E-state index contributed by atoms with van der Waals surface area (Å²) in [5.41, 5.74) is 11.5. The van der Waals surface area contributed by atoms with Crippen LogP contribution in [0, 0.1) is 0 Å². The first-order valence-corrected chi connectivity index (χ1v) is 4.62. The molecule has 0 atom stereocenters. The van der Waals surface area contributed by atoms with E-state index in [2.05, 4.69) is 0 Å². The van der Waals surface area contributed by atoms with Gasteiger partial charge in [-0.2, -0.15) is 0 Å². The van der Waals surface area contributed by atoms with Crippen LogP contribution in [0.2, 0.25) is 0 Å². The molecule has 1 heterocycles. The van der Waals surface area contributed by atoms with Gasteiger partial charge in [-0.1, -0.05) is 18.2 Å². The maximum atomic E-state index is 5.81. The third-order valence-electron chi connectivity index (χ3n) is 2.25. The molecule has 0 radical (unpaired) electrons. The summed E-state index contributed by atoms with van der Waals surface area (Å²) in [6.07, 6.45) is 0. The first-order chi connectivity index (χ1) is 7.18. The second-order valence-electron chi connectivity index (χ2n) is 3.29. The fourth-order valence-electron chi connectivity index (χ4n) is 1.31. The van der Waals surface area contributed by atoms with E-state index in [0.29, 0.717) is 17.4 Å². The van der Waals surface area contributed by atoms with E-state index < -0.39 is 0 Å². The Bertz CT molecular complexity index is 462. The molecule has 1 aromatic heterocycles. The van der Waals surface area contributed by atoms with Gasteiger partial charge in [-0.3, -0.25) is 0 Å². The van der Waals surface area contributed by atoms with Crippen molar-refractivity contribution in [3.63, 3.8) is 0 Å². The summed E-state index contributed by atoms with van der Waals surface area (Å²) < 4.78 is 7.26. The fourth-order valence-corrected chi connectivity index (χ4v) is 1.31. The number of nitrogen functional groups attached to an aromatic ring is 2. The zero-order valence-electron chi connectivity index (χ0n) is 8.47. The highest BCUT2D eigenvalue weighted by Gasteiger charge is 2.09. The summed E-state index contributed by atoms with van der Waals surface area (Å²) in [5.74, 6) is 2.44. The molecule has 0 bridgehead atoms. The van der Waals surface area contributed by atoms with Gasteiger partial charge in [0.15, 0.2) is 5.75 Å². The van der Waals surface area contributed by atoms with Crippen LogP contribution < -0.4 is 16.2 Å². The number of anilines is 2. The van der Waals surface area contributed by atoms with Crippen molar-refractivity contribution >= 4 is 11.6 Å². The summed E-state index contributed by atoms with van der Waals surface area (Å²) in [5, 5.41) is 0. The Morgan fingerprint density at radius 2 is 1.80 bits per heavy atom. The molecule has 4 nitrogen and oxygen atoms in total. The van der Waals surface area contributed by atoms with E-state index in [9.17, 15) is 0 Å². The number of para-hydroxylation sites is 1. The monoisotopic (exact) mass is 203 g/mol. The normalized spacial score (nSPS) is 10.2. The van der Waals surface area contributed by atoms with Crippen molar-refractivity contribution in [1.82, 2.24) is 4.57 Å². The maximum Gasteiger partial charge on any atom is 0.171 e. The third-order valence-corrected chi connectivity index (χ3v) is 2.25. The minimum absolute atomic E-state index is 0.524. The molecule has 0 aliphatic rings. The summed E-state index contributed by atoms with van der Waals surface area (Å²) in [6.45, 7) is 0. The zero-order chi connectivity index (χ0) is 10.8. The van der Waals surface area contributed by atoms with Crippen molar-refractivity contribution < 1.29 is 4.74 Å². The van der Waals surface area contributed by atoms with Crippen molar-refractivity contribution in [3.05, 3.63) is 36.4 Å². The predicted molar refractivity (Wildman–Crippen MR) is 60.8 cm³/mol. The van der Waals surface area contributed by atoms with E-state index in [0.717, 1.165) is 5.75 Å². The van der Waals surface area contributed by atoms with Crippen LogP contribution >= 0.6 is 0 Å². The second-order valence-corrected chi connectivity index (χ2v) is 3.29. The van der Waals surface area contributed by atoms with Gasteiger partial charge in [-0.15, -0.1) is 0 Å². The third kappa shape index (κ3) is 1.74. The zero-order valence-corrected chi connectivity index (χ0v) is 8.47. The molecule has 15 heavy (non-hydrogen) atoms. The fraction of sp³-hybridized carbons (Fsp3) is 0.0909. The Kier molecular flexibility index (Phi) is 2.25. The number of hydrogen-bond donors (Lipinski definition) is 2. The summed E-state index contributed by atoms with van der Waals surface area (Å²) in [7, 11) is 1.79. The lowest BCUT2D eigenvalue weighted by Gasteiger charge is -2.04. The molecule has 0 saturated heterocycles. The molecule has 0 spiro atoms. The molecule has 2 rings (SSSR count). The topological polar surface area (TPSA) is 66.2 Å². The Morgan fingerprint density at radius 1 is 1.13 bits per heavy atom. The van der Waals surface area contributed by atoms with Crippen molar-refractivity contribution in [1.29, 1.82) is 0 Å². The number of aromatic nitrogens is 1. The molecule has 0 aliphatic heterocycles. The highest BCUT2D eigenvalue weighted by molar-refractivity contribution is 5.58. The lowest BCUT2D eigenvalue weighted by Crippen LogP contribution is -2.00. The van der Waals surface area contributed by atoms with Crippen LogP contribution in [0.5, 0.6) is 11.5 Å². The van der Waals surface area contributed by atoms with Gasteiger partial charge in [0.05, 0.1) is 0 Å². The van der Waals surface area contributed by atoms with Crippen molar-refractivity contribution in [2.75, 3.05) is 11.5 Å². The SMILES string of the molecule is Cn1c(N)cc(Oc2ccccc2)c1N. The van der Waals surface area contributed by atoms with E-state index in [4.69, 9.17) is 16.2 Å². The first kappa shape index (κ1) is 9.45. The minimum Gasteiger partial charge on any atom is -0.453 e. The number of nitrogens with two attached hydrogens (primary N) is 2. The van der Waals surface area contributed by atoms with Crippen molar-refractivity contribution in [2.24, 2.45) is 7.05 Å². The van der Waals surface area contributed by atoms with Gasteiger partial charge < -0.3 is 20.8 Å². The summed E-state index contributed by atoms with van der Waals surface area (Å²) >= 11 is 0. The van der Waals surface area contributed by atoms with Crippen LogP contribution in [-0.2, 0) is 7.05 Å². The van der Waals surface area contributed by atoms with E-state index in [1.54, 1.807) is 17.7 Å². The van der Waals surface area contributed by atoms with Crippen LogP contribution in [0.1, 0.15) is 0 Å².